The lowest BCUT2D eigenvalue weighted by Crippen LogP contribution is -2.44. The van der Waals surface area contributed by atoms with Gasteiger partial charge in [0.25, 0.3) is 5.91 Å². The number of piperidine rings is 1. The van der Waals surface area contributed by atoms with Crippen LogP contribution in [0.25, 0.3) is 5.82 Å². The van der Waals surface area contributed by atoms with E-state index in [1.54, 1.807) is 46.5 Å². The van der Waals surface area contributed by atoms with Crippen molar-refractivity contribution < 1.29 is 14.7 Å². The maximum Gasteiger partial charge on any atom is 0.303 e. The van der Waals surface area contributed by atoms with E-state index < -0.39 is 5.97 Å². The Morgan fingerprint density at radius 2 is 2.17 bits per heavy atom. The van der Waals surface area contributed by atoms with Gasteiger partial charge in [0.1, 0.15) is 12.1 Å². The predicted molar refractivity (Wildman–Crippen MR) is 86.9 cm³/mol. The average Bonchev–Trinajstić information content (AvgIpc) is 3.14. The Bertz CT molecular complexity index is 697. The predicted octanol–water partition coefficient (Wildman–Crippen LogP) is 2.13. The van der Waals surface area contributed by atoms with Gasteiger partial charge in [-0.05, 0) is 37.8 Å². The summed E-state index contributed by atoms with van der Waals surface area (Å²) < 4.78 is 1.77. The second-order valence-electron chi connectivity index (χ2n) is 5.96. The number of aliphatic carboxylic acids is 1. The maximum atomic E-state index is 12.8. The number of nitrogens with zero attached hydrogens (tertiary/aromatic N) is 4. The van der Waals surface area contributed by atoms with Crippen LogP contribution in [0.15, 0.2) is 37.1 Å². The molecule has 1 saturated heterocycles. The first-order valence-electron chi connectivity index (χ1n) is 8.12. The minimum Gasteiger partial charge on any atom is -0.481 e. The summed E-state index contributed by atoms with van der Waals surface area (Å²) in [4.78, 5) is 33.7. The number of hydrogen-bond acceptors (Lipinski definition) is 4. The van der Waals surface area contributed by atoms with E-state index >= 15 is 0 Å². The molecule has 1 amide bonds. The van der Waals surface area contributed by atoms with Gasteiger partial charge >= 0.3 is 5.97 Å². The zero-order valence-corrected chi connectivity index (χ0v) is 13.3. The number of imidazole rings is 1. The monoisotopic (exact) mass is 328 g/mol. The Morgan fingerprint density at radius 3 is 2.83 bits per heavy atom. The van der Waals surface area contributed by atoms with Crippen LogP contribution >= 0.6 is 0 Å². The average molecular weight is 328 g/mol. The van der Waals surface area contributed by atoms with Crippen LogP contribution in [0.3, 0.4) is 0 Å². The molecule has 1 atom stereocenters. The molecule has 0 radical (unpaired) electrons. The summed E-state index contributed by atoms with van der Waals surface area (Å²) >= 11 is 0. The lowest BCUT2D eigenvalue weighted by Gasteiger charge is -2.35. The van der Waals surface area contributed by atoms with Crippen LogP contribution in [0.4, 0.5) is 0 Å². The smallest absolute Gasteiger partial charge is 0.303 e. The Labute approximate surface area is 140 Å². The van der Waals surface area contributed by atoms with Crippen LogP contribution < -0.4 is 0 Å². The number of aromatic nitrogens is 3. The molecule has 0 saturated carbocycles. The Balaban J connectivity index is 1.72. The maximum absolute atomic E-state index is 12.8. The van der Waals surface area contributed by atoms with Crippen LogP contribution in [0.5, 0.6) is 0 Å². The summed E-state index contributed by atoms with van der Waals surface area (Å²) in [5, 5.41) is 8.89. The second kappa shape index (κ2) is 7.25. The minimum atomic E-state index is -0.820. The fourth-order valence-corrected chi connectivity index (χ4v) is 3.08. The lowest BCUT2D eigenvalue weighted by atomic mass is 9.97. The van der Waals surface area contributed by atoms with Crippen LogP contribution in [0, 0.1) is 0 Å². The highest BCUT2D eigenvalue weighted by molar-refractivity contribution is 5.94. The number of carboxylic acids is 1. The van der Waals surface area contributed by atoms with Gasteiger partial charge in [-0.2, -0.15) is 0 Å². The molecule has 3 rings (SSSR count). The third-order valence-electron chi connectivity index (χ3n) is 4.34. The van der Waals surface area contributed by atoms with Gasteiger partial charge in [-0.3, -0.25) is 14.2 Å². The van der Waals surface area contributed by atoms with Crippen LogP contribution in [0.2, 0.25) is 0 Å². The molecule has 1 N–H and O–H groups in total. The summed E-state index contributed by atoms with van der Waals surface area (Å²) in [5.41, 5.74) is 0.529. The summed E-state index contributed by atoms with van der Waals surface area (Å²) in [6.07, 6.45) is 10.1. The van der Waals surface area contributed by atoms with Gasteiger partial charge in [-0.1, -0.05) is 0 Å². The van der Waals surface area contributed by atoms with E-state index in [0.717, 1.165) is 19.3 Å². The molecule has 7 heteroatoms. The summed E-state index contributed by atoms with van der Waals surface area (Å²) in [6, 6.07) is 3.54. The van der Waals surface area contributed by atoms with Gasteiger partial charge in [0.2, 0.25) is 0 Å². The Kier molecular flexibility index (Phi) is 4.88. The third kappa shape index (κ3) is 3.61. The molecular formula is C17H20N4O3. The molecule has 2 aromatic heterocycles. The number of carbonyl (C=O) groups excluding carboxylic acids is 1. The van der Waals surface area contributed by atoms with Crippen molar-refractivity contribution in [3.63, 3.8) is 0 Å². The second-order valence-corrected chi connectivity index (χ2v) is 5.96. The molecule has 1 fully saturated rings. The quantitative estimate of drug-likeness (QED) is 0.908. The van der Waals surface area contributed by atoms with Crippen LogP contribution in [0.1, 0.15) is 42.5 Å². The van der Waals surface area contributed by atoms with Crippen molar-refractivity contribution in [3.8, 4) is 5.82 Å². The van der Waals surface area contributed by atoms with Crippen molar-refractivity contribution in [2.24, 2.45) is 0 Å². The van der Waals surface area contributed by atoms with Gasteiger partial charge in [0.05, 0.1) is 5.56 Å². The van der Waals surface area contributed by atoms with E-state index in [1.807, 2.05) is 0 Å². The standard InChI is InChI=1S/C17H20N4O3/c22-16(23)7-5-14-3-1-2-9-21(14)17(24)13-4-6-15(19-11-13)20-10-8-18-12-20/h4,6,8,10-12,14H,1-3,5,7,9H2,(H,22,23). The van der Waals surface area contributed by atoms with E-state index in [2.05, 4.69) is 9.97 Å². The molecule has 126 valence electrons. The molecule has 0 aliphatic carbocycles. The SMILES string of the molecule is O=C(O)CCC1CCCCN1C(=O)c1ccc(-n2ccnc2)nc1. The Morgan fingerprint density at radius 1 is 1.29 bits per heavy atom. The van der Waals surface area contributed by atoms with E-state index in [1.165, 1.54) is 0 Å². The number of amides is 1. The molecule has 0 aromatic carbocycles. The van der Waals surface area contributed by atoms with Gasteiger partial charge in [0, 0.05) is 37.6 Å². The normalized spacial score (nSPS) is 17.7. The first-order valence-corrected chi connectivity index (χ1v) is 8.12. The third-order valence-corrected chi connectivity index (χ3v) is 4.34. The van der Waals surface area contributed by atoms with Crippen LogP contribution in [-0.4, -0.2) is 49.0 Å². The van der Waals surface area contributed by atoms with Gasteiger partial charge in [-0.25, -0.2) is 9.97 Å². The first-order chi connectivity index (χ1) is 11.6. The number of likely N-dealkylation sites (tertiary alicyclic amines) is 1. The molecule has 1 aliphatic rings. The number of carbonyl (C=O) groups is 2. The zero-order valence-electron chi connectivity index (χ0n) is 13.3. The number of carboxylic acid groups (broad SMARTS) is 1. The summed E-state index contributed by atoms with van der Waals surface area (Å²) in [5.74, 6) is -0.195. The molecule has 1 aliphatic heterocycles. The van der Waals surface area contributed by atoms with E-state index in [9.17, 15) is 9.59 Å². The van der Waals surface area contributed by atoms with Crippen molar-refractivity contribution in [3.05, 3.63) is 42.6 Å². The molecule has 0 spiro atoms. The first kappa shape index (κ1) is 16.2. The number of hydrogen-bond donors (Lipinski definition) is 1. The molecular weight excluding hydrogens is 308 g/mol. The fraction of sp³-hybridized carbons (Fsp3) is 0.412. The zero-order chi connectivity index (χ0) is 16.9. The van der Waals surface area contributed by atoms with Crippen molar-refractivity contribution in [2.75, 3.05) is 6.54 Å². The fourth-order valence-electron chi connectivity index (χ4n) is 3.08. The number of pyridine rings is 1. The number of rotatable bonds is 5. The summed E-state index contributed by atoms with van der Waals surface area (Å²) in [6.45, 7) is 0.673. The van der Waals surface area contributed by atoms with Crippen molar-refractivity contribution >= 4 is 11.9 Å². The molecule has 7 nitrogen and oxygen atoms in total. The van der Waals surface area contributed by atoms with Gasteiger partial charge in [-0.15, -0.1) is 0 Å². The van der Waals surface area contributed by atoms with E-state index in [4.69, 9.17) is 5.11 Å². The topological polar surface area (TPSA) is 88.3 Å². The molecule has 3 heterocycles. The van der Waals surface area contributed by atoms with Gasteiger partial charge in [0.15, 0.2) is 0 Å². The summed E-state index contributed by atoms with van der Waals surface area (Å²) in [7, 11) is 0. The van der Waals surface area contributed by atoms with Crippen molar-refractivity contribution in [1.29, 1.82) is 0 Å². The van der Waals surface area contributed by atoms with Crippen molar-refractivity contribution in [1.82, 2.24) is 19.4 Å². The largest absolute Gasteiger partial charge is 0.481 e. The minimum absolute atomic E-state index is 0.00400. The van der Waals surface area contributed by atoms with E-state index in [0.29, 0.717) is 24.3 Å². The highest BCUT2D eigenvalue weighted by Crippen LogP contribution is 2.23. The lowest BCUT2D eigenvalue weighted by molar-refractivity contribution is -0.137. The molecule has 1 unspecified atom stereocenters. The highest BCUT2D eigenvalue weighted by atomic mass is 16.4. The molecule has 0 bridgehead atoms. The van der Waals surface area contributed by atoms with Gasteiger partial charge < -0.3 is 10.0 Å². The highest BCUT2D eigenvalue weighted by Gasteiger charge is 2.27. The Hall–Kier alpha value is -2.70. The van der Waals surface area contributed by atoms with Crippen LogP contribution in [-0.2, 0) is 4.79 Å². The van der Waals surface area contributed by atoms with Crippen molar-refractivity contribution in [2.45, 2.75) is 38.1 Å². The van der Waals surface area contributed by atoms with E-state index in [-0.39, 0.29) is 18.4 Å². The molecule has 2 aromatic rings. The molecule has 24 heavy (non-hydrogen) atoms.